The fourth-order valence-electron chi connectivity index (χ4n) is 8.28. The molecule has 0 spiro atoms. The number of aryl methyl sites for hydroxylation is 2. The van der Waals surface area contributed by atoms with Crippen molar-refractivity contribution in [3.05, 3.63) is 179 Å². The molecular formula is C56H48Cl2F12SiZr. The molecule has 0 nitrogen and oxygen atoms in total. The van der Waals surface area contributed by atoms with Crippen LogP contribution in [0, 0.1) is 0 Å². The topological polar surface area (TPSA) is 0 Å². The molecule has 8 rings (SSSR count). The molecule has 8 aromatic carbocycles. The van der Waals surface area contributed by atoms with Gasteiger partial charge < -0.3 is 0 Å². The standard InChI is InChI=1S/2C27H21F6.C2H6Si.2ClH.Zr/c2*1-2-3-7-17-12-19-10-11-23(18-8-5-4-6-9-18)25(24(19)13-17)20-14-21(26(28,29)30)16-22(15-20)27(31,32)33;1-3-2;;;/h2*4-6,8-16H,2-3,7H2,1H3;1-2H3;2*1H;/q2*-1;;;;+4/p-2. The molecule has 8 aromatic rings. The van der Waals surface area contributed by atoms with Crippen LogP contribution in [0.25, 0.3) is 66.1 Å². The fourth-order valence-corrected chi connectivity index (χ4v) is 8.28. The summed E-state index contributed by atoms with van der Waals surface area (Å²) in [5.41, 5.74) is -0.0913. The van der Waals surface area contributed by atoms with Gasteiger partial charge >= 0.3 is 62.6 Å². The van der Waals surface area contributed by atoms with Crippen molar-refractivity contribution in [3.63, 3.8) is 0 Å². The molecular weight excluding hydrogens is 1090 g/mol. The van der Waals surface area contributed by atoms with Crippen LogP contribution in [0.2, 0.25) is 13.1 Å². The van der Waals surface area contributed by atoms with Crippen LogP contribution < -0.4 is 0 Å². The Morgan fingerprint density at radius 2 is 0.722 bits per heavy atom. The van der Waals surface area contributed by atoms with Gasteiger partial charge in [-0.15, -0.1) is 56.9 Å². The monoisotopic (exact) mass is 1140 g/mol. The Balaban J connectivity index is 0.000000241. The first-order chi connectivity index (χ1) is 34.0. The van der Waals surface area contributed by atoms with Crippen LogP contribution in [-0.2, 0) is 58.4 Å². The third kappa shape index (κ3) is 15.2. The molecule has 0 aromatic heterocycles. The molecule has 0 unspecified atom stereocenters. The van der Waals surface area contributed by atoms with E-state index in [1.165, 1.54) is 0 Å². The van der Waals surface area contributed by atoms with Crippen molar-refractivity contribution < 1.29 is 73.5 Å². The van der Waals surface area contributed by atoms with Crippen molar-refractivity contribution in [2.75, 3.05) is 0 Å². The number of alkyl halides is 12. The van der Waals surface area contributed by atoms with E-state index in [9.17, 15) is 52.7 Å². The molecule has 0 bridgehead atoms. The summed E-state index contributed by atoms with van der Waals surface area (Å²) < 4.78 is 163. The Labute approximate surface area is 432 Å². The van der Waals surface area contributed by atoms with E-state index in [0.29, 0.717) is 33.0 Å². The van der Waals surface area contributed by atoms with E-state index in [0.717, 1.165) is 105 Å². The van der Waals surface area contributed by atoms with E-state index < -0.39 is 67.8 Å². The Morgan fingerprint density at radius 3 is 0.986 bits per heavy atom. The molecule has 0 saturated carbocycles. The predicted octanol–water partition coefficient (Wildman–Crippen LogP) is 20.7. The fraction of sp³-hybridized carbons (Fsp3) is 0.250. The zero-order valence-electron chi connectivity index (χ0n) is 39.4. The van der Waals surface area contributed by atoms with Crippen molar-refractivity contribution in [2.45, 2.75) is 90.2 Å². The van der Waals surface area contributed by atoms with Crippen LogP contribution in [0.4, 0.5) is 52.7 Å². The first-order valence-corrected chi connectivity index (χ1v) is 31.0. The molecule has 378 valence electrons. The maximum atomic E-state index is 13.6. The molecule has 0 fully saturated rings. The van der Waals surface area contributed by atoms with Gasteiger partial charge in [-0.2, -0.15) is 64.8 Å². The van der Waals surface area contributed by atoms with Gasteiger partial charge in [0.15, 0.2) is 0 Å². The summed E-state index contributed by atoms with van der Waals surface area (Å²) in [6.45, 7) is 8.42. The zero-order valence-corrected chi connectivity index (χ0v) is 44.4. The van der Waals surface area contributed by atoms with Gasteiger partial charge in [0, 0.05) is 9.52 Å². The average molecular weight is 1140 g/mol. The van der Waals surface area contributed by atoms with Gasteiger partial charge in [-0.05, 0) is 82.6 Å². The number of unbranched alkanes of at least 4 members (excludes halogenated alkanes) is 2. The average Bonchev–Trinajstić information content (AvgIpc) is 3.96. The summed E-state index contributed by atoms with van der Waals surface area (Å²) in [7, 11) is 11.0. The van der Waals surface area contributed by atoms with Gasteiger partial charge in [0.05, 0.1) is 22.3 Å². The molecule has 0 N–H and O–H groups in total. The third-order valence-corrected chi connectivity index (χ3v) is 11.5. The van der Waals surface area contributed by atoms with Gasteiger partial charge in [0.1, 0.15) is 0 Å². The summed E-state index contributed by atoms with van der Waals surface area (Å²) in [5, 5.41) is 2.88. The Bertz CT molecular complexity index is 2720. The van der Waals surface area contributed by atoms with Crippen LogP contribution in [0.3, 0.4) is 0 Å². The van der Waals surface area contributed by atoms with Crippen molar-refractivity contribution in [1.29, 1.82) is 0 Å². The first kappa shape index (κ1) is 58.3. The molecule has 2 radical (unpaired) electrons. The first-order valence-electron chi connectivity index (χ1n) is 22.7. The third-order valence-electron chi connectivity index (χ3n) is 11.5. The van der Waals surface area contributed by atoms with Gasteiger partial charge in [-0.3, -0.25) is 0 Å². The van der Waals surface area contributed by atoms with E-state index in [2.05, 4.69) is 26.9 Å². The molecule has 0 atom stereocenters. The SMILES string of the molecule is CCCCc1cc2c(-c3cc(C(F)(F)F)cc(C(F)(F)F)c3)c(-c3ccccc3)ccc2[cH-]1.CCCCc1cc2c(-c3cc(C(F)(F)F)cc(C(F)(F)F)c3)c(-c3ccccc3)ccc2[cH-]1.C[Si]C.[Cl][Zr+2][Cl]. The van der Waals surface area contributed by atoms with Crippen LogP contribution >= 0.6 is 17.0 Å². The van der Waals surface area contributed by atoms with E-state index in [1.54, 1.807) is 72.8 Å². The second-order valence-electron chi connectivity index (χ2n) is 16.8. The minimum absolute atomic E-state index is 0.103. The van der Waals surface area contributed by atoms with Crippen molar-refractivity contribution >= 4 is 48.1 Å². The predicted molar refractivity (Wildman–Crippen MR) is 267 cm³/mol. The number of rotatable bonds is 10. The quantitative estimate of drug-likeness (QED) is 0.0727. The Morgan fingerprint density at radius 1 is 0.431 bits per heavy atom. The second kappa shape index (κ2) is 25.6. The van der Waals surface area contributed by atoms with Crippen molar-refractivity contribution in [3.8, 4) is 44.5 Å². The van der Waals surface area contributed by atoms with Gasteiger partial charge in [-0.1, -0.05) is 137 Å². The Kier molecular flexibility index (Phi) is 20.7. The molecule has 0 aliphatic heterocycles. The molecule has 0 aliphatic carbocycles. The molecule has 0 aliphatic rings. The van der Waals surface area contributed by atoms with E-state index >= 15 is 0 Å². The summed E-state index contributed by atoms with van der Waals surface area (Å²) in [5.74, 6) is 0. The number of halogens is 14. The number of benzene rings is 6. The zero-order chi connectivity index (χ0) is 53.0. The molecule has 72 heavy (non-hydrogen) atoms. The number of hydrogen-bond donors (Lipinski definition) is 0. The summed E-state index contributed by atoms with van der Waals surface area (Å²) >= 11 is -0.826. The van der Waals surface area contributed by atoms with Crippen molar-refractivity contribution in [1.82, 2.24) is 0 Å². The molecule has 0 heterocycles. The summed E-state index contributed by atoms with van der Waals surface area (Å²) in [4.78, 5) is 0. The molecule has 16 heteroatoms. The van der Waals surface area contributed by atoms with Crippen LogP contribution in [0.5, 0.6) is 0 Å². The molecule has 0 saturated heterocycles. The van der Waals surface area contributed by atoms with Crippen molar-refractivity contribution in [2.24, 2.45) is 0 Å². The van der Waals surface area contributed by atoms with Crippen LogP contribution in [-0.4, -0.2) is 9.52 Å². The van der Waals surface area contributed by atoms with E-state index in [1.807, 2.05) is 36.4 Å². The summed E-state index contributed by atoms with van der Waals surface area (Å²) in [6, 6.07) is 36.5. The normalized spacial score (nSPS) is 11.8. The second-order valence-corrected chi connectivity index (χ2v) is 21.5. The number of hydrogen-bond acceptors (Lipinski definition) is 0. The maximum absolute atomic E-state index is 13.6. The van der Waals surface area contributed by atoms with E-state index in [-0.39, 0.29) is 23.3 Å². The van der Waals surface area contributed by atoms with Gasteiger partial charge in [0.25, 0.3) is 0 Å². The molecule has 0 amide bonds. The van der Waals surface area contributed by atoms with Gasteiger partial charge in [-0.25, -0.2) is 0 Å². The Hall–Kier alpha value is -4.62. The number of fused-ring (bicyclic) bond motifs is 2. The van der Waals surface area contributed by atoms with Crippen LogP contribution in [0.1, 0.15) is 72.9 Å². The summed E-state index contributed by atoms with van der Waals surface area (Å²) in [6.07, 6.45) is -14.2. The van der Waals surface area contributed by atoms with E-state index in [4.69, 9.17) is 17.0 Å². The van der Waals surface area contributed by atoms with Crippen LogP contribution in [0.15, 0.2) is 146 Å². The minimum atomic E-state index is -4.91. The van der Waals surface area contributed by atoms with Gasteiger partial charge in [0.2, 0.25) is 0 Å².